The summed E-state index contributed by atoms with van der Waals surface area (Å²) in [7, 11) is 0. The van der Waals surface area contributed by atoms with Crippen LogP contribution >= 0.6 is 11.6 Å². The minimum Gasteiger partial charge on any atom is -0.356 e. The molecule has 1 amide bonds. The van der Waals surface area contributed by atoms with Crippen LogP contribution in [-0.2, 0) is 6.42 Å². The molecule has 6 heteroatoms. The van der Waals surface area contributed by atoms with Gasteiger partial charge in [0.2, 0.25) is 0 Å². The lowest BCUT2D eigenvalue weighted by Crippen LogP contribution is -2.31. The average Bonchev–Trinajstić information content (AvgIpc) is 3.01. The zero-order chi connectivity index (χ0) is 15.8. The van der Waals surface area contributed by atoms with E-state index in [1.807, 2.05) is 36.4 Å². The van der Waals surface area contributed by atoms with Crippen LogP contribution in [0.15, 0.2) is 42.6 Å². The number of amides is 1. The Hall–Kier alpha value is -2.66. The van der Waals surface area contributed by atoms with Crippen molar-refractivity contribution in [2.75, 3.05) is 6.54 Å². The Morgan fingerprint density at radius 2 is 2.09 bits per heavy atom. The number of carbonyl (C=O) groups excluding carboxylic acids is 1. The maximum atomic E-state index is 11.9. The maximum Gasteiger partial charge on any atom is 0.253 e. The van der Waals surface area contributed by atoms with Crippen LogP contribution in [0.1, 0.15) is 16.1 Å². The lowest BCUT2D eigenvalue weighted by molar-refractivity contribution is 0.0946. The third-order valence-electron chi connectivity index (χ3n) is 3.82. The number of halogens is 1. The Labute approximate surface area is 137 Å². The van der Waals surface area contributed by atoms with Gasteiger partial charge in [0.1, 0.15) is 0 Å². The van der Waals surface area contributed by atoms with E-state index in [1.165, 1.54) is 0 Å². The number of fused-ring (bicyclic) bond motifs is 1. The van der Waals surface area contributed by atoms with Crippen molar-refractivity contribution < 1.29 is 4.79 Å². The van der Waals surface area contributed by atoms with Crippen LogP contribution in [0.25, 0.3) is 22.8 Å². The lowest BCUT2D eigenvalue weighted by atomic mass is 10.1. The predicted molar refractivity (Wildman–Crippen MR) is 88.3 cm³/mol. The Kier molecular flexibility index (Phi) is 3.35. The molecule has 0 unspecified atom stereocenters. The fraction of sp³-hybridized carbons (Fsp3) is 0.118. The lowest BCUT2D eigenvalue weighted by Gasteiger charge is -2.10. The molecule has 3 aromatic rings. The quantitative estimate of drug-likeness (QED) is 0.761. The Bertz CT molecular complexity index is 903. The first-order valence-corrected chi connectivity index (χ1v) is 7.68. The molecule has 1 aliphatic heterocycles. The van der Waals surface area contributed by atoms with Gasteiger partial charge in [-0.15, -0.1) is 0 Å². The number of benzene rings is 1. The van der Waals surface area contributed by atoms with Gasteiger partial charge in [-0.2, -0.15) is 0 Å². The van der Waals surface area contributed by atoms with Gasteiger partial charge in [0.15, 0.2) is 5.82 Å². The van der Waals surface area contributed by atoms with Crippen molar-refractivity contribution in [3.8, 4) is 22.8 Å². The zero-order valence-corrected chi connectivity index (χ0v) is 12.9. The van der Waals surface area contributed by atoms with Gasteiger partial charge >= 0.3 is 0 Å². The summed E-state index contributed by atoms with van der Waals surface area (Å²) in [5.74, 6) is 0.555. The van der Waals surface area contributed by atoms with Crippen LogP contribution in [0, 0.1) is 0 Å². The van der Waals surface area contributed by atoms with Gasteiger partial charge < -0.3 is 10.3 Å². The van der Waals surface area contributed by atoms with Gasteiger partial charge in [-0.3, -0.25) is 4.79 Å². The summed E-state index contributed by atoms with van der Waals surface area (Å²) in [5, 5.41) is 3.48. The third-order valence-corrected chi connectivity index (χ3v) is 4.05. The number of hydrogen-bond acceptors (Lipinski definition) is 3. The highest BCUT2D eigenvalue weighted by molar-refractivity contribution is 6.30. The molecule has 23 heavy (non-hydrogen) atoms. The molecule has 0 radical (unpaired) electrons. The normalized spacial score (nSPS) is 13.5. The van der Waals surface area contributed by atoms with E-state index < -0.39 is 0 Å². The van der Waals surface area contributed by atoms with Crippen LogP contribution in [0.5, 0.6) is 0 Å². The van der Waals surface area contributed by atoms with E-state index in [-0.39, 0.29) is 5.91 Å². The van der Waals surface area contributed by atoms with E-state index in [2.05, 4.69) is 20.3 Å². The summed E-state index contributed by atoms with van der Waals surface area (Å²) in [4.78, 5) is 24.1. The third kappa shape index (κ3) is 2.59. The first-order chi connectivity index (χ1) is 11.2. The first kappa shape index (κ1) is 14.0. The molecule has 2 aromatic heterocycles. The fourth-order valence-electron chi connectivity index (χ4n) is 2.71. The van der Waals surface area contributed by atoms with Crippen LogP contribution in [-0.4, -0.2) is 27.4 Å². The molecule has 0 aliphatic carbocycles. The number of nitrogens with zero attached hydrogens (tertiary/aromatic N) is 2. The van der Waals surface area contributed by atoms with Gasteiger partial charge in [-0.1, -0.05) is 23.7 Å². The number of carbonyl (C=O) groups is 1. The van der Waals surface area contributed by atoms with E-state index in [0.717, 1.165) is 29.1 Å². The van der Waals surface area contributed by atoms with Crippen molar-refractivity contribution in [3.05, 3.63) is 58.9 Å². The molecule has 0 saturated carbocycles. The monoisotopic (exact) mass is 324 g/mol. The summed E-state index contributed by atoms with van der Waals surface area (Å²) < 4.78 is 0. The van der Waals surface area contributed by atoms with E-state index >= 15 is 0 Å². The van der Waals surface area contributed by atoms with E-state index in [1.54, 1.807) is 6.20 Å². The van der Waals surface area contributed by atoms with Gasteiger partial charge in [0.25, 0.3) is 5.91 Å². The van der Waals surface area contributed by atoms with Crippen molar-refractivity contribution >= 4 is 17.5 Å². The van der Waals surface area contributed by atoms with Gasteiger partial charge in [-0.05, 0) is 24.3 Å². The molecular formula is C17H13ClN4O. The predicted octanol–water partition coefficient (Wildman–Crippen LogP) is 3.08. The maximum absolute atomic E-state index is 11.9. The number of H-pyrrole nitrogens is 1. The van der Waals surface area contributed by atoms with Crippen molar-refractivity contribution in [1.82, 2.24) is 20.3 Å². The van der Waals surface area contributed by atoms with Gasteiger partial charge in [-0.25, -0.2) is 9.97 Å². The zero-order valence-electron chi connectivity index (χ0n) is 12.1. The molecule has 114 valence electrons. The highest BCUT2D eigenvalue weighted by Gasteiger charge is 2.20. The van der Waals surface area contributed by atoms with Crippen molar-refractivity contribution in [3.63, 3.8) is 0 Å². The second kappa shape index (κ2) is 5.52. The largest absolute Gasteiger partial charge is 0.356 e. The topological polar surface area (TPSA) is 70.7 Å². The highest BCUT2D eigenvalue weighted by atomic mass is 35.5. The summed E-state index contributed by atoms with van der Waals surface area (Å²) in [6.45, 7) is 0.656. The molecule has 1 aromatic carbocycles. The smallest absolute Gasteiger partial charge is 0.253 e. The molecule has 0 atom stereocenters. The summed E-state index contributed by atoms with van der Waals surface area (Å²) >= 11 is 6.03. The molecule has 5 nitrogen and oxygen atoms in total. The standard InChI is InChI=1S/C17H13ClN4O/c18-11-3-1-2-10(8-11)16-19-6-5-14(22-16)15-9-12-13(21-15)4-7-20-17(12)23/h1-3,5-6,8-9,21H,4,7H2,(H,20,23). The Balaban J connectivity index is 1.76. The minimum atomic E-state index is -0.0436. The average molecular weight is 325 g/mol. The van der Waals surface area contributed by atoms with Crippen LogP contribution < -0.4 is 5.32 Å². The van der Waals surface area contributed by atoms with Crippen molar-refractivity contribution in [1.29, 1.82) is 0 Å². The minimum absolute atomic E-state index is 0.0436. The fourth-order valence-corrected chi connectivity index (χ4v) is 2.90. The number of aromatic amines is 1. The van der Waals surface area contributed by atoms with Gasteiger partial charge in [0.05, 0.1) is 17.0 Å². The van der Waals surface area contributed by atoms with Gasteiger partial charge in [0, 0.05) is 35.4 Å². The van der Waals surface area contributed by atoms with Crippen LogP contribution in [0.4, 0.5) is 0 Å². The number of nitrogens with one attached hydrogen (secondary N) is 2. The molecule has 0 fully saturated rings. The van der Waals surface area contributed by atoms with Crippen molar-refractivity contribution in [2.24, 2.45) is 0 Å². The Morgan fingerprint density at radius 1 is 1.17 bits per heavy atom. The number of hydrogen-bond donors (Lipinski definition) is 2. The molecule has 3 heterocycles. The Morgan fingerprint density at radius 3 is 2.91 bits per heavy atom. The molecule has 0 spiro atoms. The molecule has 1 aliphatic rings. The van der Waals surface area contributed by atoms with E-state index in [0.29, 0.717) is 23.0 Å². The molecule has 2 N–H and O–H groups in total. The second-order valence-corrected chi connectivity index (χ2v) is 5.79. The molecule has 0 saturated heterocycles. The van der Waals surface area contributed by atoms with Crippen LogP contribution in [0.2, 0.25) is 5.02 Å². The number of rotatable bonds is 2. The summed E-state index contributed by atoms with van der Waals surface area (Å²) in [6.07, 6.45) is 2.51. The van der Waals surface area contributed by atoms with E-state index in [4.69, 9.17) is 11.6 Å². The molecule has 0 bridgehead atoms. The first-order valence-electron chi connectivity index (χ1n) is 7.30. The molecule has 4 rings (SSSR count). The highest BCUT2D eigenvalue weighted by Crippen LogP contribution is 2.25. The summed E-state index contributed by atoms with van der Waals surface area (Å²) in [6, 6.07) is 11.1. The SMILES string of the molecule is O=C1NCCc2[nH]c(-c3ccnc(-c4cccc(Cl)c4)n3)cc21. The van der Waals surface area contributed by atoms with Crippen LogP contribution in [0.3, 0.4) is 0 Å². The number of aromatic nitrogens is 3. The second-order valence-electron chi connectivity index (χ2n) is 5.36. The summed E-state index contributed by atoms with van der Waals surface area (Å²) in [5.41, 5.74) is 4.06. The van der Waals surface area contributed by atoms with E-state index in [9.17, 15) is 4.79 Å². The molecular weight excluding hydrogens is 312 g/mol. The van der Waals surface area contributed by atoms with Crippen molar-refractivity contribution in [2.45, 2.75) is 6.42 Å².